The van der Waals surface area contributed by atoms with Gasteiger partial charge in [0.2, 0.25) is 11.8 Å². The number of nitrogens with one attached hydrogen (secondary N) is 2. The van der Waals surface area contributed by atoms with Crippen LogP contribution in [0.25, 0.3) is 0 Å². The van der Waals surface area contributed by atoms with E-state index in [2.05, 4.69) is 10.6 Å². The number of rotatable bonds is 9. The van der Waals surface area contributed by atoms with Gasteiger partial charge in [-0.1, -0.05) is 36.4 Å². The van der Waals surface area contributed by atoms with Gasteiger partial charge in [-0.15, -0.1) is 0 Å². The molecule has 0 unspecified atom stereocenters. The Labute approximate surface area is 200 Å². The highest BCUT2D eigenvalue weighted by molar-refractivity contribution is 6.04. The third-order valence-corrected chi connectivity index (χ3v) is 5.14. The molecule has 2 heterocycles. The van der Waals surface area contributed by atoms with Crippen LogP contribution in [-0.4, -0.2) is 24.3 Å². The van der Waals surface area contributed by atoms with Crippen molar-refractivity contribution >= 4 is 23.4 Å². The van der Waals surface area contributed by atoms with Crippen LogP contribution in [0.3, 0.4) is 0 Å². The zero-order chi connectivity index (χ0) is 24.6. The fourth-order valence-electron chi connectivity index (χ4n) is 3.54. The number of hydrogen-bond acceptors (Lipinski definition) is 5. The molecule has 178 valence electrons. The molecule has 35 heavy (non-hydrogen) atoms. The molecule has 2 aromatic carbocycles. The van der Waals surface area contributed by atoms with E-state index in [-0.39, 0.29) is 18.0 Å². The molecule has 0 aliphatic carbocycles. The lowest BCUT2D eigenvalue weighted by Crippen LogP contribution is -2.47. The third-order valence-electron chi connectivity index (χ3n) is 5.14. The van der Waals surface area contributed by atoms with Crippen LogP contribution in [0, 0.1) is 5.82 Å². The van der Waals surface area contributed by atoms with Crippen molar-refractivity contribution in [1.82, 2.24) is 10.6 Å². The summed E-state index contributed by atoms with van der Waals surface area (Å²) in [6, 6.07) is 19.2. The van der Waals surface area contributed by atoms with Gasteiger partial charge in [-0.05, 0) is 48.0 Å². The van der Waals surface area contributed by atoms with Crippen molar-refractivity contribution in [2.45, 2.75) is 12.6 Å². The summed E-state index contributed by atoms with van der Waals surface area (Å²) in [5, 5.41) is 5.25. The van der Waals surface area contributed by atoms with Gasteiger partial charge in [0, 0.05) is 5.69 Å². The number of furan rings is 2. The van der Waals surface area contributed by atoms with Crippen molar-refractivity contribution in [3.8, 4) is 0 Å². The number of nitrogens with zero attached hydrogens (tertiary/aromatic N) is 1. The molecule has 2 aromatic heterocycles. The Kier molecular flexibility index (Phi) is 7.37. The summed E-state index contributed by atoms with van der Waals surface area (Å²) in [4.78, 5) is 40.3. The maximum Gasteiger partial charge on any atom is 0.287 e. The topological polar surface area (TPSA) is 105 Å². The minimum Gasteiger partial charge on any atom is -0.467 e. The summed E-state index contributed by atoms with van der Waals surface area (Å²) in [5.41, 5.74) is 0.656. The molecule has 0 spiro atoms. The van der Waals surface area contributed by atoms with Crippen LogP contribution in [0.4, 0.5) is 10.1 Å². The summed E-state index contributed by atoms with van der Waals surface area (Å²) < 4.78 is 24.5. The maximum absolute atomic E-state index is 14.2. The molecule has 0 saturated carbocycles. The van der Waals surface area contributed by atoms with Crippen LogP contribution in [0.2, 0.25) is 0 Å². The first kappa shape index (κ1) is 23.5. The van der Waals surface area contributed by atoms with Gasteiger partial charge in [-0.25, -0.2) is 4.39 Å². The zero-order valence-electron chi connectivity index (χ0n) is 18.5. The standard InChI is InChI=1S/C26H22FN3O5/c27-19-9-4-10-20(15-19)30(23(31)17-29-25(32)22-12-6-14-35-22)24(18-7-2-1-3-8-18)26(33)28-16-21-11-5-13-34-21/h1-15,24H,16-17H2,(H,28,33)(H,29,32)/t24-/m0/s1. The van der Waals surface area contributed by atoms with Crippen LogP contribution in [-0.2, 0) is 16.1 Å². The molecular formula is C26H22FN3O5. The third kappa shape index (κ3) is 5.83. The predicted molar refractivity (Wildman–Crippen MR) is 125 cm³/mol. The molecule has 0 saturated heterocycles. The van der Waals surface area contributed by atoms with E-state index in [4.69, 9.17) is 8.83 Å². The fourth-order valence-corrected chi connectivity index (χ4v) is 3.54. The van der Waals surface area contributed by atoms with Crippen LogP contribution >= 0.6 is 0 Å². The van der Waals surface area contributed by atoms with Gasteiger partial charge in [-0.2, -0.15) is 0 Å². The SMILES string of the molecule is O=C(NCC(=O)N(c1cccc(F)c1)[C@H](C(=O)NCc1ccco1)c1ccccc1)c1ccco1. The molecule has 0 radical (unpaired) electrons. The monoisotopic (exact) mass is 475 g/mol. The van der Waals surface area contributed by atoms with E-state index < -0.39 is 36.1 Å². The lowest BCUT2D eigenvalue weighted by atomic mass is 10.0. The van der Waals surface area contributed by atoms with Crippen LogP contribution < -0.4 is 15.5 Å². The average molecular weight is 475 g/mol. The number of amides is 3. The molecular weight excluding hydrogens is 453 g/mol. The number of carbonyl (C=O) groups excluding carboxylic acids is 3. The highest BCUT2D eigenvalue weighted by atomic mass is 19.1. The molecule has 8 nitrogen and oxygen atoms in total. The van der Waals surface area contributed by atoms with Crippen molar-refractivity contribution < 1.29 is 27.6 Å². The predicted octanol–water partition coefficient (Wildman–Crippen LogP) is 3.83. The molecule has 4 rings (SSSR count). The summed E-state index contributed by atoms with van der Waals surface area (Å²) in [5.74, 6) is -1.76. The number of halogens is 1. The zero-order valence-corrected chi connectivity index (χ0v) is 18.5. The Bertz CT molecular complexity index is 1270. The molecule has 1 atom stereocenters. The molecule has 0 bridgehead atoms. The molecule has 4 aromatic rings. The first-order valence-corrected chi connectivity index (χ1v) is 10.8. The minimum atomic E-state index is -1.15. The quantitative estimate of drug-likeness (QED) is 0.383. The second-order valence-corrected chi connectivity index (χ2v) is 7.51. The van der Waals surface area contributed by atoms with E-state index in [1.165, 1.54) is 36.8 Å². The first-order chi connectivity index (χ1) is 17.0. The Hall–Kier alpha value is -4.66. The Balaban J connectivity index is 1.65. The van der Waals surface area contributed by atoms with Gasteiger partial charge in [0.05, 0.1) is 25.6 Å². The van der Waals surface area contributed by atoms with Crippen LogP contribution in [0.15, 0.2) is 100 Å². The van der Waals surface area contributed by atoms with Crippen molar-refractivity contribution in [2.24, 2.45) is 0 Å². The average Bonchev–Trinajstić information content (AvgIpc) is 3.59. The number of benzene rings is 2. The van der Waals surface area contributed by atoms with Gasteiger partial charge >= 0.3 is 0 Å². The van der Waals surface area contributed by atoms with Crippen molar-refractivity contribution in [3.05, 3.63) is 114 Å². The van der Waals surface area contributed by atoms with Crippen molar-refractivity contribution in [2.75, 3.05) is 11.4 Å². The van der Waals surface area contributed by atoms with Gasteiger partial charge in [-0.3, -0.25) is 19.3 Å². The van der Waals surface area contributed by atoms with Gasteiger partial charge in [0.1, 0.15) is 17.6 Å². The number of hydrogen-bond donors (Lipinski definition) is 2. The molecule has 0 aliphatic heterocycles. The summed E-state index contributed by atoms with van der Waals surface area (Å²) in [6.45, 7) is -0.361. The lowest BCUT2D eigenvalue weighted by molar-refractivity contribution is -0.126. The van der Waals surface area contributed by atoms with E-state index in [0.717, 1.165) is 11.0 Å². The summed E-state index contributed by atoms with van der Waals surface area (Å²) >= 11 is 0. The lowest BCUT2D eigenvalue weighted by Gasteiger charge is -2.31. The van der Waals surface area contributed by atoms with E-state index in [0.29, 0.717) is 11.3 Å². The maximum atomic E-state index is 14.2. The van der Waals surface area contributed by atoms with E-state index in [9.17, 15) is 18.8 Å². The van der Waals surface area contributed by atoms with E-state index >= 15 is 0 Å². The van der Waals surface area contributed by atoms with Crippen LogP contribution in [0.5, 0.6) is 0 Å². The Morgan fingerprint density at radius 2 is 1.63 bits per heavy atom. The summed E-state index contributed by atoms with van der Waals surface area (Å²) in [7, 11) is 0. The second-order valence-electron chi connectivity index (χ2n) is 7.51. The van der Waals surface area contributed by atoms with Crippen molar-refractivity contribution in [3.63, 3.8) is 0 Å². The van der Waals surface area contributed by atoms with Gasteiger partial charge in [0.15, 0.2) is 5.76 Å². The van der Waals surface area contributed by atoms with Gasteiger partial charge < -0.3 is 19.5 Å². The van der Waals surface area contributed by atoms with E-state index in [1.54, 1.807) is 48.5 Å². The molecule has 3 amide bonds. The fraction of sp³-hybridized carbons (Fsp3) is 0.115. The highest BCUT2D eigenvalue weighted by Gasteiger charge is 2.33. The smallest absolute Gasteiger partial charge is 0.287 e. The molecule has 2 N–H and O–H groups in total. The largest absolute Gasteiger partial charge is 0.467 e. The minimum absolute atomic E-state index is 0.0332. The number of anilines is 1. The Morgan fingerprint density at radius 1 is 0.857 bits per heavy atom. The molecule has 9 heteroatoms. The number of carbonyl (C=O) groups is 3. The molecule has 0 fully saturated rings. The first-order valence-electron chi connectivity index (χ1n) is 10.8. The molecule has 0 aliphatic rings. The van der Waals surface area contributed by atoms with E-state index in [1.807, 2.05) is 0 Å². The Morgan fingerprint density at radius 3 is 2.31 bits per heavy atom. The summed E-state index contributed by atoms with van der Waals surface area (Å²) in [6.07, 6.45) is 2.82. The second kappa shape index (κ2) is 11.0. The van der Waals surface area contributed by atoms with Crippen molar-refractivity contribution in [1.29, 1.82) is 0 Å². The van der Waals surface area contributed by atoms with Gasteiger partial charge in [0.25, 0.3) is 5.91 Å². The van der Waals surface area contributed by atoms with Crippen LogP contribution in [0.1, 0.15) is 27.9 Å². The highest BCUT2D eigenvalue weighted by Crippen LogP contribution is 2.28. The normalized spacial score (nSPS) is 11.5.